The first-order chi connectivity index (χ1) is 17.9. The van der Waals surface area contributed by atoms with Crippen molar-refractivity contribution in [1.29, 1.82) is 0 Å². The summed E-state index contributed by atoms with van der Waals surface area (Å²) in [6.07, 6.45) is -3.34. The first-order valence-electron chi connectivity index (χ1n) is 10.3. The lowest BCUT2D eigenvalue weighted by molar-refractivity contribution is -0.275. The Balaban J connectivity index is 0.000000155. The van der Waals surface area contributed by atoms with Crippen molar-refractivity contribution in [2.45, 2.75) is 12.7 Å². The molecule has 0 bridgehead atoms. The van der Waals surface area contributed by atoms with E-state index in [-0.39, 0.29) is 27.6 Å². The van der Waals surface area contributed by atoms with Gasteiger partial charge in [0, 0.05) is 36.9 Å². The Morgan fingerprint density at radius 3 is 1.97 bits per heavy atom. The number of imidazole rings is 2. The smallest absolute Gasteiger partial charge is 0.406 e. The second-order valence-electron chi connectivity index (χ2n) is 7.52. The maximum atomic E-state index is 12.1. The van der Waals surface area contributed by atoms with Crippen LogP contribution in [0.25, 0.3) is 33.4 Å². The minimum atomic E-state index is -4.77. The number of hydrogen-bond acceptors (Lipinski definition) is 6. The number of H-pyrrole nitrogens is 1. The fourth-order valence-electron chi connectivity index (χ4n) is 3.67. The van der Waals surface area contributed by atoms with E-state index in [0.29, 0.717) is 16.7 Å². The van der Waals surface area contributed by atoms with Crippen LogP contribution in [0.1, 0.15) is 0 Å². The lowest BCUT2D eigenvalue weighted by Crippen LogP contribution is -2.17. The molecule has 0 amide bonds. The topological polar surface area (TPSA) is 98.8 Å². The maximum absolute atomic E-state index is 12.1. The predicted molar refractivity (Wildman–Crippen MR) is 122 cm³/mol. The van der Waals surface area contributed by atoms with E-state index in [1.807, 2.05) is 0 Å². The Hall–Kier alpha value is -4.53. The van der Waals surface area contributed by atoms with Crippen LogP contribution >= 0.6 is 11.6 Å². The van der Waals surface area contributed by atoms with Gasteiger partial charge in [0.2, 0.25) is 5.65 Å². The minimum Gasteiger partial charge on any atom is -0.406 e. The van der Waals surface area contributed by atoms with E-state index in [1.165, 1.54) is 47.1 Å². The molecule has 0 spiro atoms. The highest BCUT2D eigenvalue weighted by atomic mass is 35.5. The maximum Gasteiger partial charge on any atom is 0.573 e. The van der Waals surface area contributed by atoms with Crippen molar-refractivity contribution >= 4 is 45.0 Å². The lowest BCUT2D eigenvalue weighted by atomic mass is 10.3. The van der Waals surface area contributed by atoms with Gasteiger partial charge in [-0.15, -0.1) is 26.3 Å². The third kappa shape index (κ3) is 5.13. The monoisotopic (exact) mass is 556 g/mol. The zero-order valence-electron chi connectivity index (χ0n) is 18.4. The molecule has 0 unspecified atom stereocenters. The molecule has 0 saturated carbocycles. The number of nitrogens with one attached hydrogen (secondary N) is 1. The van der Waals surface area contributed by atoms with Gasteiger partial charge in [-0.05, 0) is 24.3 Å². The summed E-state index contributed by atoms with van der Waals surface area (Å²) in [6, 6.07) is 7.56. The average molecular weight is 557 g/mol. The molecule has 0 radical (unpaired) electrons. The van der Waals surface area contributed by atoms with Crippen molar-refractivity contribution in [2.75, 3.05) is 0 Å². The number of hydrogen-bond donors (Lipinski definition) is 1. The standard InChI is InChI=1S/C11H5ClF3N3O.C11H6F3N3O2/c12-9-10-16-3-4-18(10)8-2-1-6(5-7(8)17-9)19-11(13,14)15;12-11(13,14)19-6-1-2-8-7(5-6)16-10(18)9-15-3-4-17(8)9/h1-5H;1-5H,(H,16,18). The fraction of sp³-hybridized carbons (Fsp3) is 0.0909. The van der Waals surface area contributed by atoms with Gasteiger partial charge >= 0.3 is 12.7 Å². The van der Waals surface area contributed by atoms with E-state index < -0.39 is 24.0 Å². The molecular formula is C22H11ClF6N6O3. The molecule has 0 saturated heterocycles. The SMILES string of the molecule is FC(F)(F)Oc1ccc2c(c1)nc(Cl)c1nccn12.O=c1[nH]c2cc(OC(F)(F)F)ccc2n2ccnc12. The summed E-state index contributed by atoms with van der Waals surface area (Å²) < 4.78 is 83.5. The van der Waals surface area contributed by atoms with E-state index in [9.17, 15) is 31.1 Å². The third-order valence-electron chi connectivity index (χ3n) is 5.04. The Kier molecular flexibility index (Phi) is 6.01. The molecule has 9 nitrogen and oxygen atoms in total. The predicted octanol–water partition coefficient (Wildman–Crippen LogP) is 5.51. The molecule has 0 aliphatic rings. The lowest BCUT2D eigenvalue weighted by Gasteiger charge is -2.10. The van der Waals surface area contributed by atoms with Crippen LogP contribution in [0.2, 0.25) is 5.15 Å². The van der Waals surface area contributed by atoms with Gasteiger partial charge in [0.25, 0.3) is 5.56 Å². The number of alkyl halides is 6. The molecule has 6 aromatic rings. The molecule has 6 rings (SSSR count). The van der Waals surface area contributed by atoms with E-state index in [4.69, 9.17) is 11.6 Å². The van der Waals surface area contributed by atoms with Crippen molar-refractivity contribution in [1.82, 2.24) is 28.7 Å². The number of aromatic amines is 1. The van der Waals surface area contributed by atoms with Gasteiger partial charge in [-0.1, -0.05) is 11.6 Å². The highest BCUT2D eigenvalue weighted by Crippen LogP contribution is 2.28. The summed E-state index contributed by atoms with van der Waals surface area (Å²) in [5.41, 5.74) is 1.78. The number of ether oxygens (including phenoxy) is 2. The summed E-state index contributed by atoms with van der Waals surface area (Å²) in [5, 5.41) is 0.113. The second-order valence-corrected chi connectivity index (χ2v) is 7.88. The summed E-state index contributed by atoms with van der Waals surface area (Å²) in [4.78, 5) is 26.0. The number of benzene rings is 2. The van der Waals surface area contributed by atoms with Gasteiger partial charge in [0.05, 0.1) is 22.1 Å². The molecule has 196 valence electrons. The fourth-order valence-corrected chi connectivity index (χ4v) is 3.90. The van der Waals surface area contributed by atoms with Crippen LogP contribution in [0.4, 0.5) is 26.3 Å². The summed E-state index contributed by atoms with van der Waals surface area (Å²) in [7, 11) is 0. The zero-order chi connectivity index (χ0) is 27.2. The minimum absolute atomic E-state index is 0.113. The van der Waals surface area contributed by atoms with Crippen LogP contribution in [0.15, 0.2) is 66.0 Å². The first kappa shape index (κ1) is 25.1. The number of halogens is 7. The van der Waals surface area contributed by atoms with E-state index in [2.05, 4.69) is 29.4 Å². The summed E-state index contributed by atoms with van der Waals surface area (Å²) in [5.74, 6) is -0.738. The van der Waals surface area contributed by atoms with Crippen molar-refractivity contribution < 1.29 is 35.8 Å². The normalized spacial score (nSPS) is 12.2. The van der Waals surface area contributed by atoms with Crippen LogP contribution in [-0.4, -0.2) is 41.5 Å². The van der Waals surface area contributed by atoms with E-state index >= 15 is 0 Å². The largest absolute Gasteiger partial charge is 0.573 e. The van der Waals surface area contributed by atoms with Crippen molar-refractivity contribution in [3.8, 4) is 11.5 Å². The van der Waals surface area contributed by atoms with Gasteiger partial charge in [-0.2, -0.15) is 0 Å². The molecule has 0 aliphatic carbocycles. The molecule has 4 heterocycles. The molecule has 2 aromatic carbocycles. The molecule has 0 aliphatic heterocycles. The molecule has 1 N–H and O–H groups in total. The third-order valence-corrected chi connectivity index (χ3v) is 5.29. The summed E-state index contributed by atoms with van der Waals surface area (Å²) >= 11 is 5.91. The van der Waals surface area contributed by atoms with Crippen LogP contribution in [0.3, 0.4) is 0 Å². The number of rotatable bonds is 2. The van der Waals surface area contributed by atoms with Crippen LogP contribution in [-0.2, 0) is 0 Å². The summed E-state index contributed by atoms with van der Waals surface area (Å²) in [6.45, 7) is 0. The van der Waals surface area contributed by atoms with Gasteiger partial charge in [-0.25, -0.2) is 15.0 Å². The van der Waals surface area contributed by atoms with Crippen molar-refractivity contribution in [3.05, 3.63) is 76.7 Å². The van der Waals surface area contributed by atoms with Gasteiger partial charge in [0.1, 0.15) is 11.5 Å². The van der Waals surface area contributed by atoms with Crippen LogP contribution < -0.4 is 15.0 Å². The Morgan fingerprint density at radius 2 is 1.34 bits per heavy atom. The number of nitrogens with zero attached hydrogens (tertiary/aromatic N) is 5. The Labute approximate surface area is 210 Å². The molecule has 16 heteroatoms. The molecule has 0 atom stereocenters. The van der Waals surface area contributed by atoms with Crippen molar-refractivity contribution in [2.24, 2.45) is 0 Å². The molecular weight excluding hydrogens is 546 g/mol. The van der Waals surface area contributed by atoms with Gasteiger partial charge in [0.15, 0.2) is 10.8 Å². The molecule has 38 heavy (non-hydrogen) atoms. The van der Waals surface area contributed by atoms with Crippen LogP contribution in [0, 0.1) is 0 Å². The second kappa shape index (κ2) is 9.09. The number of aromatic nitrogens is 6. The van der Waals surface area contributed by atoms with Gasteiger partial charge in [-0.3, -0.25) is 13.6 Å². The van der Waals surface area contributed by atoms with E-state index in [0.717, 1.165) is 6.07 Å². The van der Waals surface area contributed by atoms with Crippen LogP contribution in [0.5, 0.6) is 11.5 Å². The van der Waals surface area contributed by atoms with Gasteiger partial charge < -0.3 is 14.5 Å². The Bertz CT molecular complexity index is 1860. The Morgan fingerprint density at radius 1 is 0.789 bits per heavy atom. The highest BCUT2D eigenvalue weighted by Gasteiger charge is 2.32. The van der Waals surface area contributed by atoms with Crippen molar-refractivity contribution in [3.63, 3.8) is 0 Å². The zero-order valence-corrected chi connectivity index (χ0v) is 19.1. The first-order valence-corrected chi connectivity index (χ1v) is 10.7. The van der Waals surface area contributed by atoms with E-state index in [1.54, 1.807) is 16.8 Å². The average Bonchev–Trinajstić information content (AvgIpc) is 3.48. The number of fused-ring (bicyclic) bond motifs is 6. The molecule has 0 fully saturated rings. The molecule has 4 aromatic heterocycles. The highest BCUT2D eigenvalue weighted by molar-refractivity contribution is 6.32. The quantitative estimate of drug-likeness (QED) is 0.283.